The van der Waals surface area contributed by atoms with Crippen LogP contribution in [0.4, 0.5) is 5.82 Å². The summed E-state index contributed by atoms with van der Waals surface area (Å²) in [5.41, 5.74) is 0. The molecule has 6 nitrogen and oxygen atoms in total. The molecule has 3 saturated heterocycles. The number of aromatic nitrogens is 1. The van der Waals surface area contributed by atoms with Crippen molar-refractivity contribution in [3.05, 3.63) is 18.3 Å². The SMILES string of the molecule is CC1(C)OC[C@H](CN2CC[C@@H](Oc3cccnc3N3CCCC3)C2)O1. The largest absolute Gasteiger partial charge is 0.485 e. The van der Waals surface area contributed by atoms with Gasteiger partial charge in [0.1, 0.15) is 6.10 Å². The summed E-state index contributed by atoms with van der Waals surface area (Å²) in [5, 5.41) is 0. The standard InChI is InChI=1S/C19H29N3O3/c1-19(2)23-14-16(25-19)13-21-11-7-15(12-21)24-17-6-5-8-20-18(17)22-9-3-4-10-22/h5-6,8,15-16H,3-4,7,9-14H2,1-2H3/t15-,16+/m1/s1. The summed E-state index contributed by atoms with van der Waals surface area (Å²) in [6, 6.07) is 4.02. The maximum Gasteiger partial charge on any atom is 0.171 e. The Labute approximate surface area is 150 Å². The quantitative estimate of drug-likeness (QED) is 0.814. The Balaban J connectivity index is 1.32. The highest BCUT2D eigenvalue weighted by atomic mass is 16.7. The third-order valence-electron chi connectivity index (χ3n) is 5.21. The van der Waals surface area contributed by atoms with Gasteiger partial charge in [-0.1, -0.05) is 0 Å². The lowest BCUT2D eigenvalue weighted by Gasteiger charge is -2.23. The van der Waals surface area contributed by atoms with E-state index in [9.17, 15) is 0 Å². The molecule has 6 heteroatoms. The van der Waals surface area contributed by atoms with E-state index in [0.717, 1.165) is 50.7 Å². The summed E-state index contributed by atoms with van der Waals surface area (Å²) in [4.78, 5) is 9.34. The van der Waals surface area contributed by atoms with Crippen LogP contribution in [0.25, 0.3) is 0 Å². The van der Waals surface area contributed by atoms with Gasteiger partial charge < -0.3 is 19.1 Å². The minimum absolute atomic E-state index is 0.160. The van der Waals surface area contributed by atoms with Gasteiger partial charge >= 0.3 is 0 Å². The minimum Gasteiger partial charge on any atom is -0.485 e. The molecule has 4 heterocycles. The van der Waals surface area contributed by atoms with Crippen molar-refractivity contribution in [3.63, 3.8) is 0 Å². The average Bonchev–Trinajstić information content (AvgIpc) is 3.31. The molecule has 3 aliphatic heterocycles. The van der Waals surface area contributed by atoms with Gasteiger partial charge in [0, 0.05) is 38.9 Å². The average molecular weight is 347 g/mol. The van der Waals surface area contributed by atoms with Crippen LogP contribution < -0.4 is 9.64 Å². The number of hydrogen-bond acceptors (Lipinski definition) is 6. The molecule has 138 valence electrons. The molecule has 0 N–H and O–H groups in total. The van der Waals surface area contributed by atoms with E-state index in [4.69, 9.17) is 14.2 Å². The van der Waals surface area contributed by atoms with Crippen LogP contribution in [0, 0.1) is 0 Å². The molecule has 0 amide bonds. The molecule has 0 unspecified atom stereocenters. The summed E-state index contributed by atoms with van der Waals surface area (Å²) in [7, 11) is 0. The van der Waals surface area contributed by atoms with Gasteiger partial charge in [-0.25, -0.2) is 4.98 Å². The number of ether oxygens (including phenoxy) is 3. The highest BCUT2D eigenvalue weighted by Gasteiger charge is 2.35. The van der Waals surface area contributed by atoms with Crippen LogP contribution in [-0.2, 0) is 9.47 Å². The Morgan fingerprint density at radius 1 is 1.28 bits per heavy atom. The first kappa shape index (κ1) is 17.1. The Kier molecular flexibility index (Phi) is 4.84. The molecule has 0 spiro atoms. The van der Waals surface area contributed by atoms with Crippen molar-refractivity contribution >= 4 is 5.82 Å². The number of likely N-dealkylation sites (tertiary alicyclic amines) is 1. The van der Waals surface area contributed by atoms with Gasteiger partial charge in [0.2, 0.25) is 0 Å². The lowest BCUT2D eigenvalue weighted by Crippen LogP contribution is -2.34. The summed E-state index contributed by atoms with van der Waals surface area (Å²) < 4.78 is 17.9. The zero-order valence-electron chi connectivity index (χ0n) is 15.3. The van der Waals surface area contributed by atoms with E-state index in [1.54, 1.807) is 0 Å². The van der Waals surface area contributed by atoms with Crippen molar-refractivity contribution in [3.8, 4) is 5.75 Å². The molecule has 0 bridgehead atoms. The highest BCUT2D eigenvalue weighted by molar-refractivity contribution is 5.52. The van der Waals surface area contributed by atoms with Crippen LogP contribution in [0.5, 0.6) is 5.75 Å². The fraction of sp³-hybridized carbons (Fsp3) is 0.737. The van der Waals surface area contributed by atoms with E-state index in [2.05, 4.69) is 20.9 Å². The third-order valence-corrected chi connectivity index (χ3v) is 5.21. The van der Waals surface area contributed by atoms with E-state index in [1.807, 2.05) is 26.1 Å². The molecule has 25 heavy (non-hydrogen) atoms. The van der Waals surface area contributed by atoms with Crippen LogP contribution in [0.3, 0.4) is 0 Å². The molecule has 1 aromatic rings. The third kappa shape index (κ3) is 4.07. The molecule has 0 saturated carbocycles. The van der Waals surface area contributed by atoms with Gasteiger partial charge in [0.15, 0.2) is 17.4 Å². The van der Waals surface area contributed by atoms with Crippen molar-refractivity contribution in [2.24, 2.45) is 0 Å². The molecular weight excluding hydrogens is 318 g/mol. The van der Waals surface area contributed by atoms with Gasteiger partial charge in [-0.15, -0.1) is 0 Å². The lowest BCUT2D eigenvalue weighted by atomic mass is 10.3. The van der Waals surface area contributed by atoms with Crippen LogP contribution in [0.2, 0.25) is 0 Å². The number of anilines is 1. The fourth-order valence-electron chi connectivity index (χ4n) is 4.02. The van der Waals surface area contributed by atoms with Crippen LogP contribution in [0.15, 0.2) is 18.3 Å². The first-order chi connectivity index (χ1) is 12.1. The minimum atomic E-state index is -0.444. The van der Waals surface area contributed by atoms with E-state index in [0.29, 0.717) is 6.61 Å². The normalized spacial score (nSPS) is 29.4. The van der Waals surface area contributed by atoms with E-state index in [-0.39, 0.29) is 12.2 Å². The number of nitrogens with zero attached hydrogens (tertiary/aromatic N) is 3. The van der Waals surface area contributed by atoms with Crippen molar-refractivity contribution in [2.75, 3.05) is 44.2 Å². The van der Waals surface area contributed by atoms with Gasteiger partial charge in [-0.05, 0) is 45.2 Å². The van der Waals surface area contributed by atoms with Gasteiger partial charge in [-0.3, -0.25) is 4.90 Å². The monoisotopic (exact) mass is 347 g/mol. The van der Waals surface area contributed by atoms with Crippen LogP contribution in [0.1, 0.15) is 33.1 Å². The second-order valence-electron chi connectivity index (χ2n) is 7.76. The lowest BCUT2D eigenvalue weighted by molar-refractivity contribution is -0.140. The van der Waals surface area contributed by atoms with Gasteiger partial charge in [-0.2, -0.15) is 0 Å². The molecule has 1 aromatic heterocycles. The zero-order valence-corrected chi connectivity index (χ0v) is 15.3. The van der Waals surface area contributed by atoms with Gasteiger partial charge in [0.25, 0.3) is 0 Å². The summed E-state index contributed by atoms with van der Waals surface area (Å²) in [6.07, 6.45) is 5.78. The fourth-order valence-corrected chi connectivity index (χ4v) is 4.02. The second-order valence-corrected chi connectivity index (χ2v) is 7.76. The maximum atomic E-state index is 6.34. The number of hydrogen-bond donors (Lipinski definition) is 0. The molecule has 3 aliphatic rings. The van der Waals surface area contributed by atoms with Crippen LogP contribution in [-0.4, -0.2) is 67.2 Å². The van der Waals surface area contributed by atoms with Crippen LogP contribution >= 0.6 is 0 Å². The Hall–Kier alpha value is -1.37. The number of rotatable bonds is 5. The van der Waals surface area contributed by atoms with E-state index < -0.39 is 5.79 Å². The Morgan fingerprint density at radius 2 is 2.12 bits per heavy atom. The predicted octanol–water partition coefficient (Wildman–Crippen LogP) is 2.29. The van der Waals surface area contributed by atoms with Gasteiger partial charge in [0.05, 0.1) is 12.7 Å². The Bertz CT molecular complexity index is 589. The smallest absolute Gasteiger partial charge is 0.171 e. The number of pyridine rings is 1. The molecule has 4 rings (SSSR count). The van der Waals surface area contributed by atoms with Crippen molar-refractivity contribution < 1.29 is 14.2 Å². The van der Waals surface area contributed by atoms with E-state index in [1.165, 1.54) is 12.8 Å². The first-order valence-electron chi connectivity index (χ1n) is 9.50. The first-order valence-corrected chi connectivity index (χ1v) is 9.50. The topological polar surface area (TPSA) is 47.1 Å². The summed E-state index contributed by atoms with van der Waals surface area (Å²) in [6.45, 7) is 9.69. The Morgan fingerprint density at radius 3 is 2.88 bits per heavy atom. The van der Waals surface area contributed by atoms with Crippen molar-refractivity contribution in [1.29, 1.82) is 0 Å². The highest BCUT2D eigenvalue weighted by Crippen LogP contribution is 2.31. The summed E-state index contributed by atoms with van der Waals surface area (Å²) in [5.74, 6) is 1.49. The van der Waals surface area contributed by atoms with Crippen molar-refractivity contribution in [2.45, 2.75) is 51.1 Å². The maximum absolute atomic E-state index is 6.34. The van der Waals surface area contributed by atoms with Crippen molar-refractivity contribution in [1.82, 2.24) is 9.88 Å². The molecule has 0 radical (unpaired) electrons. The summed E-state index contributed by atoms with van der Waals surface area (Å²) >= 11 is 0. The zero-order chi connectivity index (χ0) is 17.3. The molecule has 3 fully saturated rings. The van der Waals surface area contributed by atoms with E-state index >= 15 is 0 Å². The molecular formula is C19H29N3O3. The molecule has 2 atom stereocenters. The molecule has 0 aliphatic carbocycles. The predicted molar refractivity (Wildman–Crippen MR) is 96.1 cm³/mol. The second kappa shape index (κ2) is 7.09. The molecule has 0 aromatic carbocycles.